The van der Waals surface area contributed by atoms with Crippen LogP contribution in [0.3, 0.4) is 0 Å². The number of anilines is 3. The van der Waals surface area contributed by atoms with Gasteiger partial charge in [-0.2, -0.15) is 0 Å². The molecule has 2 aromatic rings. The van der Waals surface area contributed by atoms with Crippen molar-refractivity contribution in [3.8, 4) is 0 Å². The van der Waals surface area contributed by atoms with Crippen molar-refractivity contribution in [1.29, 1.82) is 0 Å². The molecule has 12 heteroatoms. The van der Waals surface area contributed by atoms with Crippen molar-refractivity contribution in [2.75, 3.05) is 55.4 Å². The van der Waals surface area contributed by atoms with Gasteiger partial charge in [0.25, 0.3) is 11.8 Å². The first-order valence-corrected chi connectivity index (χ1v) is 16.9. The number of carbonyl (C=O) groups excluding carboxylic acids is 2. The van der Waals surface area contributed by atoms with Crippen molar-refractivity contribution < 1.29 is 18.0 Å². The van der Waals surface area contributed by atoms with Gasteiger partial charge >= 0.3 is 0 Å². The third-order valence-electron chi connectivity index (χ3n) is 8.39. The zero-order valence-electron chi connectivity index (χ0n) is 26.1. The van der Waals surface area contributed by atoms with Gasteiger partial charge in [0.2, 0.25) is 9.84 Å². The van der Waals surface area contributed by atoms with E-state index in [9.17, 15) is 18.0 Å². The van der Waals surface area contributed by atoms with Crippen molar-refractivity contribution in [3.05, 3.63) is 66.0 Å². The maximum Gasteiger partial charge on any atom is 0.265 e. The number of fused-ring (bicyclic) bond motifs is 1. The number of sulfone groups is 1. The van der Waals surface area contributed by atoms with E-state index in [1.165, 1.54) is 9.80 Å². The molecule has 44 heavy (non-hydrogen) atoms. The average molecular weight is 637 g/mol. The van der Waals surface area contributed by atoms with Gasteiger partial charge < -0.3 is 20.0 Å². The lowest BCUT2D eigenvalue weighted by molar-refractivity contribution is -0.133. The molecule has 1 saturated heterocycles. The summed E-state index contributed by atoms with van der Waals surface area (Å²) < 4.78 is 27.7. The van der Waals surface area contributed by atoms with Crippen molar-refractivity contribution in [3.63, 3.8) is 0 Å². The number of thiocarbonyl (C=S) groups is 1. The fourth-order valence-electron chi connectivity index (χ4n) is 5.92. The molecule has 2 amide bonds. The summed E-state index contributed by atoms with van der Waals surface area (Å²) in [6, 6.07) is 12.9. The molecule has 234 valence electrons. The van der Waals surface area contributed by atoms with Crippen LogP contribution < -0.4 is 15.1 Å². The van der Waals surface area contributed by atoms with E-state index < -0.39 is 21.7 Å². The molecule has 0 aromatic heterocycles. The standard InChI is InChI=1S/C32H40N6O4S2/c1-7-35-26-16-14-23(44(41,42)22-13-11-12-21(18-22)33-25-20-27(25)34(5)6)19-28(26)36(8-2)29(35)17-15-24-30(39)37(9-3)32(43)38(10-4)31(24)40/h11-19,25,27,33H,7-10,20H2,1-6H3/b29-17-. The van der Waals surface area contributed by atoms with E-state index in [-0.39, 0.29) is 20.5 Å². The first-order chi connectivity index (χ1) is 21.0. The van der Waals surface area contributed by atoms with E-state index in [0.29, 0.717) is 38.3 Å². The quantitative estimate of drug-likeness (QED) is 0.235. The van der Waals surface area contributed by atoms with Gasteiger partial charge in [0.1, 0.15) is 11.4 Å². The number of nitrogens with one attached hydrogen (secondary N) is 1. The van der Waals surface area contributed by atoms with Crippen LogP contribution in [0.4, 0.5) is 17.1 Å². The monoisotopic (exact) mass is 636 g/mol. The van der Waals surface area contributed by atoms with Gasteiger partial charge in [0.05, 0.1) is 21.2 Å². The van der Waals surface area contributed by atoms with Crippen LogP contribution in [-0.2, 0) is 19.4 Å². The largest absolute Gasteiger partial charge is 0.381 e. The molecule has 2 unspecified atom stereocenters. The molecule has 10 nitrogen and oxygen atoms in total. The predicted octanol–water partition coefficient (Wildman–Crippen LogP) is 4.06. The lowest BCUT2D eigenvalue weighted by Crippen LogP contribution is -2.55. The van der Waals surface area contributed by atoms with E-state index in [1.807, 2.05) is 63.7 Å². The van der Waals surface area contributed by atoms with Gasteiger partial charge in [-0.05, 0) is 109 Å². The molecular weight excluding hydrogens is 597 g/mol. The normalized spacial score (nSPS) is 21.1. The first-order valence-electron chi connectivity index (χ1n) is 15.0. The van der Waals surface area contributed by atoms with Crippen LogP contribution >= 0.6 is 12.2 Å². The molecule has 1 N–H and O–H groups in total. The maximum atomic E-state index is 13.8. The smallest absolute Gasteiger partial charge is 0.265 e. The summed E-state index contributed by atoms with van der Waals surface area (Å²) in [4.78, 5) is 35.9. The van der Waals surface area contributed by atoms with E-state index in [2.05, 4.69) is 10.2 Å². The highest BCUT2D eigenvalue weighted by atomic mass is 32.2. The highest BCUT2D eigenvalue weighted by molar-refractivity contribution is 7.91. The number of likely N-dealkylation sites (N-methyl/N-ethyl adjacent to an activating group) is 3. The van der Waals surface area contributed by atoms with E-state index in [4.69, 9.17) is 12.2 Å². The van der Waals surface area contributed by atoms with Gasteiger partial charge in [-0.15, -0.1) is 0 Å². The first kappa shape index (κ1) is 31.7. The van der Waals surface area contributed by atoms with Crippen LogP contribution in [0.5, 0.6) is 0 Å². The SMILES string of the molecule is CCN1C(=O)C(=C/C=C2/N(CC)c3ccc(S(=O)(=O)c4cccc(NC5CC5N(C)C)c4)cc3N2CC)C(=O)N(CC)C1=S. The van der Waals surface area contributed by atoms with Crippen LogP contribution in [-0.4, -0.2) is 92.4 Å². The highest BCUT2D eigenvalue weighted by Gasteiger charge is 2.40. The van der Waals surface area contributed by atoms with Crippen molar-refractivity contribution >= 4 is 56.0 Å². The third kappa shape index (κ3) is 5.50. The Labute approximate surface area is 265 Å². The van der Waals surface area contributed by atoms with E-state index >= 15 is 0 Å². The summed E-state index contributed by atoms with van der Waals surface area (Å²) in [6.07, 6.45) is 4.34. The second-order valence-electron chi connectivity index (χ2n) is 11.2. The highest BCUT2D eigenvalue weighted by Crippen LogP contribution is 2.43. The summed E-state index contributed by atoms with van der Waals surface area (Å²) in [5.74, 6) is -0.0951. The minimum absolute atomic E-state index is 0.0396. The molecule has 3 aliphatic rings. The molecule has 1 saturated carbocycles. The number of allylic oxidation sites excluding steroid dienone is 2. The Morgan fingerprint density at radius 3 is 2.00 bits per heavy atom. The average Bonchev–Trinajstić information content (AvgIpc) is 3.70. The molecule has 2 aromatic carbocycles. The number of hydrogen-bond donors (Lipinski definition) is 1. The van der Waals surface area contributed by atoms with Gasteiger partial charge in [0.15, 0.2) is 5.11 Å². The topological polar surface area (TPSA) is 96.5 Å². The number of rotatable bonds is 10. The van der Waals surface area contributed by atoms with E-state index in [1.54, 1.807) is 42.5 Å². The van der Waals surface area contributed by atoms with Crippen LogP contribution in [0.1, 0.15) is 34.1 Å². The number of carbonyl (C=O) groups is 2. The minimum Gasteiger partial charge on any atom is -0.381 e. The van der Waals surface area contributed by atoms with Crippen molar-refractivity contribution in [1.82, 2.24) is 14.7 Å². The fourth-order valence-corrected chi connectivity index (χ4v) is 7.67. The maximum absolute atomic E-state index is 13.8. The second-order valence-corrected chi connectivity index (χ2v) is 13.5. The Hall–Kier alpha value is -3.74. The number of nitrogens with zero attached hydrogens (tertiary/aromatic N) is 5. The van der Waals surface area contributed by atoms with Crippen molar-refractivity contribution in [2.45, 2.75) is 56.0 Å². The Bertz CT molecular complexity index is 1640. The zero-order valence-corrected chi connectivity index (χ0v) is 27.7. The lowest BCUT2D eigenvalue weighted by Gasteiger charge is -2.35. The second kappa shape index (κ2) is 12.3. The number of benzene rings is 2. The van der Waals surface area contributed by atoms with Gasteiger partial charge in [-0.25, -0.2) is 8.42 Å². The molecule has 0 bridgehead atoms. The Kier molecular flexibility index (Phi) is 8.88. The summed E-state index contributed by atoms with van der Waals surface area (Å²) in [6.45, 7) is 9.48. The van der Waals surface area contributed by atoms with Gasteiger partial charge in [-0.3, -0.25) is 19.4 Å². The molecule has 2 fully saturated rings. The van der Waals surface area contributed by atoms with Crippen molar-refractivity contribution in [2.24, 2.45) is 0 Å². The molecule has 2 atom stereocenters. The Morgan fingerprint density at radius 2 is 1.43 bits per heavy atom. The summed E-state index contributed by atoms with van der Waals surface area (Å²) in [5.41, 5.74) is 2.42. The molecule has 2 heterocycles. The molecule has 2 aliphatic heterocycles. The zero-order chi connectivity index (χ0) is 31.9. The molecular formula is C32H40N6O4S2. The lowest BCUT2D eigenvalue weighted by atomic mass is 10.1. The molecule has 0 radical (unpaired) electrons. The van der Waals surface area contributed by atoms with E-state index in [0.717, 1.165) is 29.3 Å². The number of amides is 2. The third-order valence-corrected chi connectivity index (χ3v) is 10.6. The summed E-state index contributed by atoms with van der Waals surface area (Å²) >= 11 is 5.38. The van der Waals surface area contributed by atoms with Gasteiger partial charge in [-0.1, -0.05) is 6.07 Å². The molecule has 1 aliphatic carbocycles. The van der Waals surface area contributed by atoms with Crippen LogP contribution in [0.2, 0.25) is 0 Å². The van der Waals surface area contributed by atoms with Crippen LogP contribution in [0, 0.1) is 0 Å². The van der Waals surface area contributed by atoms with Crippen LogP contribution in [0.25, 0.3) is 0 Å². The molecule has 0 spiro atoms. The Balaban J connectivity index is 1.47. The van der Waals surface area contributed by atoms with Crippen LogP contribution in [0.15, 0.2) is 75.8 Å². The molecule has 5 rings (SSSR count). The minimum atomic E-state index is -3.81. The Morgan fingerprint density at radius 1 is 0.841 bits per heavy atom. The van der Waals surface area contributed by atoms with Gasteiger partial charge in [0, 0.05) is 44.0 Å². The predicted molar refractivity (Wildman–Crippen MR) is 177 cm³/mol. The summed E-state index contributed by atoms with van der Waals surface area (Å²) in [7, 11) is 0.279. The number of hydrogen-bond acceptors (Lipinski definition) is 9. The summed E-state index contributed by atoms with van der Waals surface area (Å²) in [5, 5.41) is 3.67. The fraction of sp³-hybridized carbons (Fsp3) is 0.406.